The molecule has 0 spiro atoms. The van der Waals surface area contributed by atoms with Gasteiger partial charge in [-0.25, -0.2) is 18.4 Å². The minimum Gasteiger partial charge on any atom is -0.363 e. The van der Waals surface area contributed by atoms with Crippen molar-refractivity contribution in [3.05, 3.63) is 39.0 Å². The molecule has 1 aromatic carbocycles. The van der Waals surface area contributed by atoms with Gasteiger partial charge >= 0.3 is 5.76 Å². The number of hydroxylamine groups is 1. The van der Waals surface area contributed by atoms with Gasteiger partial charge in [-0.3, -0.25) is 20.2 Å². The van der Waals surface area contributed by atoms with E-state index in [1.807, 2.05) is 5.48 Å². The fourth-order valence-corrected chi connectivity index (χ4v) is 2.50. The lowest BCUT2D eigenvalue weighted by Crippen LogP contribution is -2.17. The molecule has 0 bridgehead atoms. The summed E-state index contributed by atoms with van der Waals surface area (Å²) in [7, 11) is 0. The molecule has 0 unspecified atom stereocenters. The van der Waals surface area contributed by atoms with Gasteiger partial charge in [-0.1, -0.05) is 5.16 Å². The number of rotatable bonds is 6. The van der Waals surface area contributed by atoms with E-state index in [-0.39, 0.29) is 21.8 Å². The van der Waals surface area contributed by atoms with Crippen molar-refractivity contribution in [2.75, 3.05) is 18.4 Å². The second-order valence-corrected chi connectivity index (χ2v) is 6.03. The highest BCUT2D eigenvalue weighted by Gasteiger charge is 2.22. The third-order valence-electron chi connectivity index (χ3n) is 3.38. The van der Waals surface area contributed by atoms with Gasteiger partial charge in [0.2, 0.25) is 11.6 Å². The average Bonchev–Trinajstić information content (AvgIpc) is 3.27. The monoisotopic (exact) mass is 441 g/mol. The van der Waals surface area contributed by atoms with E-state index < -0.39 is 11.6 Å². The van der Waals surface area contributed by atoms with Gasteiger partial charge in [0, 0.05) is 6.54 Å². The SMILES string of the molecule is CC(=NCCNc1nonc1-c1noc(=O)n1-c1ccc(F)c(Br)c1)NO. The third kappa shape index (κ3) is 4.03. The zero-order valence-corrected chi connectivity index (χ0v) is 15.4. The number of halogens is 2. The van der Waals surface area contributed by atoms with E-state index >= 15 is 0 Å². The molecule has 0 radical (unpaired) electrons. The number of aromatic nitrogens is 4. The van der Waals surface area contributed by atoms with Gasteiger partial charge in [0.15, 0.2) is 5.69 Å². The maximum atomic E-state index is 13.5. The van der Waals surface area contributed by atoms with Crippen LogP contribution in [0.15, 0.2) is 41.6 Å². The van der Waals surface area contributed by atoms with Crippen molar-refractivity contribution in [1.82, 2.24) is 25.5 Å². The fourth-order valence-electron chi connectivity index (χ4n) is 2.14. The zero-order chi connectivity index (χ0) is 19.4. The molecule has 13 heteroatoms. The molecule has 142 valence electrons. The Morgan fingerprint density at radius 1 is 1.41 bits per heavy atom. The molecule has 11 nitrogen and oxygen atoms in total. The largest absolute Gasteiger partial charge is 0.446 e. The topological polar surface area (TPSA) is 144 Å². The summed E-state index contributed by atoms with van der Waals surface area (Å²) in [6.07, 6.45) is 0. The lowest BCUT2D eigenvalue weighted by Gasteiger charge is -2.05. The number of hydrogen-bond acceptors (Lipinski definition) is 9. The highest BCUT2D eigenvalue weighted by Crippen LogP contribution is 2.25. The Morgan fingerprint density at radius 2 is 2.22 bits per heavy atom. The second kappa shape index (κ2) is 8.09. The quantitative estimate of drug-likeness (QED) is 0.224. The molecule has 0 amide bonds. The molecule has 3 rings (SSSR count). The molecule has 0 aliphatic rings. The lowest BCUT2D eigenvalue weighted by atomic mass is 10.3. The molecular formula is C14H13BrFN7O4. The maximum Gasteiger partial charge on any atom is 0.446 e. The summed E-state index contributed by atoms with van der Waals surface area (Å²) in [6.45, 7) is 2.25. The molecule has 0 aliphatic carbocycles. The summed E-state index contributed by atoms with van der Waals surface area (Å²) in [5.41, 5.74) is 2.36. The van der Waals surface area contributed by atoms with E-state index in [9.17, 15) is 9.18 Å². The minimum absolute atomic E-state index is 0.0268. The molecular weight excluding hydrogens is 429 g/mol. The maximum absolute atomic E-state index is 13.5. The highest BCUT2D eigenvalue weighted by molar-refractivity contribution is 9.10. The average molecular weight is 442 g/mol. The first-order valence-corrected chi connectivity index (χ1v) is 8.32. The zero-order valence-electron chi connectivity index (χ0n) is 13.8. The van der Waals surface area contributed by atoms with E-state index in [1.165, 1.54) is 18.2 Å². The lowest BCUT2D eigenvalue weighted by molar-refractivity contribution is 0.233. The first kappa shape index (κ1) is 18.7. The van der Waals surface area contributed by atoms with Crippen LogP contribution in [0.4, 0.5) is 10.2 Å². The van der Waals surface area contributed by atoms with Gasteiger partial charge in [0.1, 0.15) is 11.7 Å². The molecule has 27 heavy (non-hydrogen) atoms. The van der Waals surface area contributed by atoms with Crippen LogP contribution in [0.3, 0.4) is 0 Å². The standard InChI is InChI=1S/C14H13BrFN7O4/c1-7(19-25)17-4-5-18-12-11(20-27-21-12)13-22-26-14(24)23(13)8-2-3-10(16)9(15)6-8/h2-3,6,25H,4-5H2,1H3,(H,17,19)(H,18,21). The fraction of sp³-hybridized carbons (Fsp3) is 0.214. The smallest absolute Gasteiger partial charge is 0.363 e. The molecule has 0 atom stereocenters. The normalized spacial score (nSPS) is 11.6. The Hall–Kier alpha value is -3.06. The molecule has 2 aromatic heterocycles. The molecule has 0 saturated heterocycles. The predicted octanol–water partition coefficient (Wildman–Crippen LogP) is 1.59. The van der Waals surface area contributed by atoms with Gasteiger partial charge < -0.3 is 5.32 Å². The first-order valence-electron chi connectivity index (χ1n) is 7.53. The number of anilines is 1. The van der Waals surface area contributed by atoms with Crippen LogP contribution >= 0.6 is 15.9 Å². The van der Waals surface area contributed by atoms with E-state index in [0.29, 0.717) is 24.6 Å². The number of nitrogens with one attached hydrogen (secondary N) is 2. The summed E-state index contributed by atoms with van der Waals surface area (Å²) in [6, 6.07) is 3.98. The van der Waals surface area contributed by atoms with Crippen LogP contribution in [0.2, 0.25) is 0 Å². The Balaban J connectivity index is 1.90. The number of amidine groups is 1. The van der Waals surface area contributed by atoms with Crippen molar-refractivity contribution in [3.8, 4) is 17.2 Å². The van der Waals surface area contributed by atoms with Crippen molar-refractivity contribution < 1.29 is 18.7 Å². The Kier molecular flexibility index (Phi) is 5.61. The summed E-state index contributed by atoms with van der Waals surface area (Å²) in [5.74, 6) is -0.681. The van der Waals surface area contributed by atoms with Crippen molar-refractivity contribution in [3.63, 3.8) is 0 Å². The minimum atomic E-state index is -0.785. The number of benzene rings is 1. The summed E-state index contributed by atoms with van der Waals surface area (Å²) < 4.78 is 24.2. The summed E-state index contributed by atoms with van der Waals surface area (Å²) >= 11 is 3.07. The number of aliphatic imine (C=N–C) groups is 1. The molecule has 3 aromatic rings. The first-order chi connectivity index (χ1) is 13.0. The van der Waals surface area contributed by atoms with Crippen LogP contribution in [0.25, 0.3) is 17.2 Å². The van der Waals surface area contributed by atoms with Gasteiger partial charge in [0.05, 0.1) is 16.7 Å². The Labute approximate surface area is 158 Å². The van der Waals surface area contributed by atoms with Crippen LogP contribution in [-0.2, 0) is 0 Å². The predicted molar refractivity (Wildman–Crippen MR) is 94.4 cm³/mol. The van der Waals surface area contributed by atoms with E-state index in [1.54, 1.807) is 6.92 Å². The van der Waals surface area contributed by atoms with Crippen LogP contribution in [-0.4, -0.2) is 44.2 Å². The van der Waals surface area contributed by atoms with Gasteiger partial charge in [0.25, 0.3) is 0 Å². The Morgan fingerprint density at radius 3 is 2.96 bits per heavy atom. The van der Waals surface area contributed by atoms with E-state index in [4.69, 9.17) is 14.4 Å². The van der Waals surface area contributed by atoms with Crippen LogP contribution in [0.5, 0.6) is 0 Å². The molecule has 2 heterocycles. The number of nitrogens with zero attached hydrogens (tertiary/aromatic N) is 5. The molecule has 0 aliphatic heterocycles. The second-order valence-electron chi connectivity index (χ2n) is 5.17. The van der Waals surface area contributed by atoms with Crippen molar-refractivity contribution in [2.24, 2.45) is 4.99 Å². The highest BCUT2D eigenvalue weighted by atomic mass is 79.9. The van der Waals surface area contributed by atoms with Crippen LogP contribution in [0.1, 0.15) is 6.92 Å². The van der Waals surface area contributed by atoms with Crippen molar-refractivity contribution in [1.29, 1.82) is 0 Å². The Bertz CT molecular complexity index is 1030. The molecule has 0 fully saturated rings. The van der Waals surface area contributed by atoms with Gasteiger partial charge in [-0.15, -0.1) is 0 Å². The van der Waals surface area contributed by atoms with Crippen molar-refractivity contribution >= 4 is 27.6 Å². The third-order valence-corrected chi connectivity index (χ3v) is 3.99. The van der Waals surface area contributed by atoms with Crippen LogP contribution in [0, 0.1) is 5.82 Å². The van der Waals surface area contributed by atoms with E-state index in [2.05, 4.69) is 41.7 Å². The summed E-state index contributed by atoms with van der Waals surface area (Å²) in [4.78, 5) is 16.1. The number of hydrogen-bond donors (Lipinski definition) is 3. The van der Waals surface area contributed by atoms with Crippen LogP contribution < -0.4 is 16.6 Å². The van der Waals surface area contributed by atoms with Crippen molar-refractivity contribution in [2.45, 2.75) is 6.92 Å². The molecule has 0 saturated carbocycles. The van der Waals surface area contributed by atoms with Gasteiger partial charge in [-0.2, -0.15) is 0 Å². The van der Waals surface area contributed by atoms with E-state index in [0.717, 1.165) is 4.57 Å². The molecule has 3 N–H and O–H groups in total. The summed E-state index contributed by atoms with van der Waals surface area (Å²) in [5, 5.41) is 22.8. The van der Waals surface area contributed by atoms with Gasteiger partial charge in [-0.05, 0) is 51.4 Å².